The van der Waals surface area contributed by atoms with E-state index in [1.54, 1.807) is 12.3 Å². The number of hydrogen-bond acceptors (Lipinski definition) is 7. The van der Waals surface area contributed by atoms with Crippen molar-refractivity contribution in [3.05, 3.63) is 84.3 Å². The molecule has 1 aliphatic heterocycles. The smallest absolute Gasteiger partial charge is 0.165 e. The highest BCUT2D eigenvalue weighted by Crippen LogP contribution is 2.42. The van der Waals surface area contributed by atoms with Crippen LogP contribution >= 0.6 is 11.8 Å². The first-order chi connectivity index (χ1) is 20.0. The Bertz CT molecular complexity index is 1720. The van der Waals surface area contributed by atoms with Crippen LogP contribution in [0, 0.1) is 5.82 Å². The number of nitrogens with one attached hydrogen (secondary N) is 1. The number of rotatable bonds is 6. The maximum Gasteiger partial charge on any atom is 0.165 e. The van der Waals surface area contributed by atoms with Gasteiger partial charge in [-0.2, -0.15) is 0 Å². The number of hydrogen-bond donors (Lipinski definition) is 2. The molecule has 7 rings (SSSR count). The molecule has 2 fully saturated rings. The molecule has 0 spiro atoms. The van der Waals surface area contributed by atoms with Crippen molar-refractivity contribution >= 4 is 34.4 Å². The molecule has 1 saturated carbocycles. The number of nitrogen functional groups attached to an aromatic ring is 1. The van der Waals surface area contributed by atoms with E-state index in [-0.39, 0.29) is 11.4 Å². The number of fused-ring (bicyclic) bond motifs is 1. The van der Waals surface area contributed by atoms with Crippen LogP contribution in [-0.4, -0.2) is 45.8 Å². The maximum atomic E-state index is 14.9. The molecule has 208 valence electrons. The Hall–Kier alpha value is -4.05. The minimum absolute atomic E-state index is 0.200. The van der Waals surface area contributed by atoms with Crippen LogP contribution in [0.5, 0.6) is 0 Å². The summed E-state index contributed by atoms with van der Waals surface area (Å²) in [5.41, 5.74) is 12.3. The Labute approximate surface area is 242 Å². The Kier molecular flexibility index (Phi) is 6.57. The van der Waals surface area contributed by atoms with Crippen LogP contribution < -0.4 is 15.5 Å². The third kappa shape index (κ3) is 4.60. The van der Waals surface area contributed by atoms with Crippen LogP contribution in [0.15, 0.2) is 72.9 Å². The second-order valence-electron chi connectivity index (χ2n) is 10.6. The van der Waals surface area contributed by atoms with Crippen LogP contribution in [-0.2, 0) is 10.3 Å². The Morgan fingerprint density at radius 3 is 2.46 bits per heavy atom. The summed E-state index contributed by atoms with van der Waals surface area (Å²) in [5, 5.41) is 0. The van der Waals surface area contributed by atoms with Crippen LogP contribution in [0.4, 0.5) is 15.9 Å². The van der Waals surface area contributed by atoms with Crippen LogP contribution in [0.2, 0.25) is 0 Å². The number of aromatic nitrogens is 4. The molecule has 10 heteroatoms. The van der Waals surface area contributed by atoms with Crippen molar-refractivity contribution in [2.24, 2.45) is 0 Å². The fraction of sp³-hybridized carbons (Fsp3) is 0.258. The zero-order valence-electron chi connectivity index (χ0n) is 22.4. The monoisotopic (exact) mass is 569 g/mol. The predicted molar refractivity (Wildman–Crippen MR) is 159 cm³/mol. The first-order valence-electron chi connectivity index (χ1n) is 13.8. The van der Waals surface area contributed by atoms with Gasteiger partial charge in [0.25, 0.3) is 0 Å². The average Bonchev–Trinajstić information content (AvgIpc) is 3.36. The van der Waals surface area contributed by atoms with Crippen molar-refractivity contribution in [2.45, 2.75) is 24.8 Å². The highest BCUT2D eigenvalue weighted by molar-refractivity contribution is 6.14. The van der Waals surface area contributed by atoms with E-state index in [9.17, 15) is 4.39 Å². The maximum absolute atomic E-state index is 14.9. The first kappa shape index (κ1) is 25.9. The number of halogens is 2. The van der Waals surface area contributed by atoms with Gasteiger partial charge in [0.2, 0.25) is 0 Å². The summed E-state index contributed by atoms with van der Waals surface area (Å²) in [6.45, 7) is 2.68. The molecule has 3 aromatic heterocycles. The zero-order chi connectivity index (χ0) is 28.0. The first-order valence-corrected chi connectivity index (χ1v) is 14.2. The minimum atomic E-state index is -0.309. The highest BCUT2D eigenvalue weighted by Gasteiger charge is 2.38. The number of pyridine rings is 2. The lowest BCUT2D eigenvalue weighted by molar-refractivity contribution is 0.122. The van der Waals surface area contributed by atoms with Gasteiger partial charge in [-0.1, -0.05) is 12.1 Å². The lowest BCUT2D eigenvalue weighted by atomic mass is 9.73. The molecule has 0 amide bonds. The number of benzene rings is 2. The lowest BCUT2D eigenvalue weighted by Gasteiger charge is -2.41. The summed E-state index contributed by atoms with van der Waals surface area (Å²) in [5.74, 6) is 0.697. The highest BCUT2D eigenvalue weighted by atomic mass is 35.5. The molecule has 1 saturated heterocycles. The van der Waals surface area contributed by atoms with Gasteiger partial charge in [0, 0.05) is 36.2 Å². The topological polar surface area (TPSA) is 94.1 Å². The summed E-state index contributed by atoms with van der Waals surface area (Å²) < 4.78 is 22.3. The third-order valence-electron chi connectivity index (χ3n) is 8.20. The molecule has 5 aromatic rings. The van der Waals surface area contributed by atoms with Gasteiger partial charge < -0.3 is 15.4 Å². The molecule has 2 aromatic carbocycles. The second-order valence-corrected chi connectivity index (χ2v) is 10.8. The molecule has 0 atom stereocenters. The average molecular weight is 570 g/mol. The SMILES string of the molecule is Nc1ncccc1-c1nc2ccc(-c3cc(F)cc(N4CCOCC4)c3)nc2n1-c1ccc(C2(NCl)CCC2)cc1. The molecule has 0 bridgehead atoms. The summed E-state index contributed by atoms with van der Waals surface area (Å²) in [6.07, 6.45) is 4.78. The van der Waals surface area contributed by atoms with Crippen molar-refractivity contribution in [2.75, 3.05) is 36.9 Å². The van der Waals surface area contributed by atoms with E-state index < -0.39 is 0 Å². The predicted octanol–water partition coefficient (Wildman–Crippen LogP) is 5.83. The fourth-order valence-electron chi connectivity index (χ4n) is 5.77. The molecule has 0 unspecified atom stereocenters. The summed E-state index contributed by atoms with van der Waals surface area (Å²) >= 11 is 6.15. The number of morpholine rings is 1. The molecular weight excluding hydrogens is 541 g/mol. The number of ether oxygens (including phenoxy) is 1. The summed E-state index contributed by atoms with van der Waals surface area (Å²) in [6, 6.07) is 20.9. The fourth-order valence-corrected chi connectivity index (χ4v) is 6.07. The Morgan fingerprint density at radius 2 is 1.76 bits per heavy atom. The van der Waals surface area contributed by atoms with Gasteiger partial charge in [-0.15, -0.1) is 0 Å². The molecule has 2 aliphatic rings. The van der Waals surface area contributed by atoms with E-state index in [1.165, 1.54) is 6.07 Å². The van der Waals surface area contributed by atoms with Crippen LogP contribution in [0.25, 0.3) is 39.5 Å². The standard InChI is InChI=1S/C31H29ClFN7O/c32-38-31(10-2-11-31)21-4-6-23(7-5-21)40-29(25-3-1-12-35-28(25)34)37-27-9-8-26(36-30(27)40)20-17-22(33)19-24(18-20)39-13-15-41-16-14-39/h1,3-9,12,17-19,38H,2,10-11,13-16H2,(H2,34,35). The van der Waals surface area contributed by atoms with Crippen molar-refractivity contribution < 1.29 is 9.13 Å². The van der Waals surface area contributed by atoms with Gasteiger partial charge >= 0.3 is 0 Å². The van der Waals surface area contributed by atoms with Crippen LogP contribution in [0.3, 0.4) is 0 Å². The van der Waals surface area contributed by atoms with Crippen molar-refractivity contribution in [1.29, 1.82) is 0 Å². The molecule has 3 N–H and O–H groups in total. The number of nitrogens with two attached hydrogens (primary N) is 1. The van der Waals surface area contributed by atoms with Gasteiger partial charge in [0.1, 0.15) is 17.2 Å². The quantitative estimate of drug-likeness (QED) is 0.248. The second kappa shape index (κ2) is 10.4. The van der Waals surface area contributed by atoms with Crippen molar-refractivity contribution in [1.82, 2.24) is 24.4 Å². The molecule has 1 aliphatic carbocycles. The number of nitrogens with zero attached hydrogens (tertiary/aromatic N) is 5. The lowest BCUT2D eigenvalue weighted by Crippen LogP contribution is -2.43. The summed E-state index contributed by atoms with van der Waals surface area (Å²) in [4.78, 5) is 19.4. The van der Waals surface area contributed by atoms with E-state index in [4.69, 9.17) is 32.2 Å². The number of anilines is 2. The molecule has 41 heavy (non-hydrogen) atoms. The molecule has 4 heterocycles. The molecular formula is C31H29ClFN7O. The largest absolute Gasteiger partial charge is 0.383 e. The normalized spacial score (nSPS) is 16.6. The Morgan fingerprint density at radius 1 is 0.951 bits per heavy atom. The Balaban J connectivity index is 1.37. The molecule has 8 nitrogen and oxygen atoms in total. The van der Waals surface area contributed by atoms with E-state index >= 15 is 0 Å². The minimum Gasteiger partial charge on any atom is -0.383 e. The third-order valence-corrected chi connectivity index (χ3v) is 8.57. The van der Waals surface area contributed by atoms with E-state index in [0.29, 0.717) is 65.9 Å². The van der Waals surface area contributed by atoms with Crippen molar-refractivity contribution in [3.63, 3.8) is 0 Å². The zero-order valence-corrected chi connectivity index (χ0v) is 23.1. The molecule has 0 radical (unpaired) electrons. The van der Waals surface area contributed by atoms with Crippen LogP contribution in [0.1, 0.15) is 24.8 Å². The van der Waals surface area contributed by atoms with Gasteiger partial charge in [0.05, 0.1) is 30.0 Å². The van der Waals surface area contributed by atoms with E-state index in [2.05, 4.69) is 26.9 Å². The van der Waals surface area contributed by atoms with Gasteiger partial charge in [-0.05, 0) is 91.2 Å². The number of imidazole rings is 1. The van der Waals surface area contributed by atoms with E-state index in [1.807, 2.05) is 47.0 Å². The van der Waals surface area contributed by atoms with E-state index in [0.717, 1.165) is 36.2 Å². The van der Waals surface area contributed by atoms with Gasteiger partial charge in [-0.25, -0.2) is 24.2 Å². The van der Waals surface area contributed by atoms with Gasteiger partial charge in [0.15, 0.2) is 11.5 Å². The summed E-state index contributed by atoms with van der Waals surface area (Å²) in [7, 11) is 0. The van der Waals surface area contributed by atoms with Gasteiger partial charge in [-0.3, -0.25) is 4.57 Å². The van der Waals surface area contributed by atoms with Crippen molar-refractivity contribution in [3.8, 4) is 28.3 Å².